The molecule has 1 fully saturated rings. The van der Waals surface area contributed by atoms with Crippen LogP contribution in [0.2, 0.25) is 5.02 Å². The van der Waals surface area contributed by atoms with E-state index < -0.39 is 10.0 Å². The summed E-state index contributed by atoms with van der Waals surface area (Å²) in [5.74, 6) is 0.934. The molecule has 9 heteroatoms. The average molecular weight is 451 g/mol. The lowest BCUT2D eigenvalue weighted by atomic mass is 10.1. The molecule has 2 aromatic carbocycles. The Labute approximate surface area is 180 Å². The van der Waals surface area contributed by atoms with Crippen LogP contribution in [0.1, 0.15) is 31.2 Å². The number of hydrogen-bond donors (Lipinski definition) is 2. The minimum atomic E-state index is -3.47. The fourth-order valence-corrected chi connectivity index (χ4v) is 4.58. The van der Waals surface area contributed by atoms with Crippen molar-refractivity contribution in [2.75, 3.05) is 18.5 Å². The number of nitrogens with one attached hydrogen (secondary N) is 2. The molecular weight excluding hydrogens is 428 g/mol. The molecule has 2 aliphatic rings. The molecule has 0 bridgehead atoms. The first-order chi connectivity index (χ1) is 14.4. The van der Waals surface area contributed by atoms with Gasteiger partial charge in [-0.25, -0.2) is 13.1 Å². The second-order valence-electron chi connectivity index (χ2n) is 7.42. The van der Waals surface area contributed by atoms with Crippen LogP contribution >= 0.6 is 11.6 Å². The monoisotopic (exact) mass is 450 g/mol. The molecule has 4 rings (SSSR count). The summed E-state index contributed by atoms with van der Waals surface area (Å²) in [5, 5.41) is 3.18. The maximum Gasteiger partial charge on any atom is 0.240 e. The van der Waals surface area contributed by atoms with E-state index in [1.165, 1.54) is 0 Å². The average Bonchev–Trinajstić information content (AvgIpc) is 3.54. The fourth-order valence-electron chi connectivity index (χ4n) is 3.07. The van der Waals surface area contributed by atoms with Gasteiger partial charge in [-0.2, -0.15) is 0 Å². The van der Waals surface area contributed by atoms with E-state index in [1.807, 2.05) is 0 Å². The molecule has 0 aromatic heterocycles. The number of hydrogen-bond acceptors (Lipinski definition) is 5. The Morgan fingerprint density at radius 3 is 2.40 bits per heavy atom. The van der Waals surface area contributed by atoms with Gasteiger partial charge in [0.25, 0.3) is 0 Å². The highest BCUT2D eigenvalue weighted by atomic mass is 35.5. The van der Waals surface area contributed by atoms with Gasteiger partial charge in [-0.05, 0) is 37.0 Å². The van der Waals surface area contributed by atoms with Gasteiger partial charge < -0.3 is 14.8 Å². The predicted molar refractivity (Wildman–Crippen MR) is 114 cm³/mol. The summed E-state index contributed by atoms with van der Waals surface area (Å²) in [7, 11) is -3.47. The zero-order chi connectivity index (χ0) is 21.1. The number of sulfonamides is 1. The Hall–Kier alpha value is -2.29. The largest absolute Gasteiger partial charge is 0.490 e. The number of fused-ring (bicyclic) bond motifs is 1. The number of benzene rings is 2. The summed E-state index contributed by atoms with van der Waals surface area (Å²) in [6, 6.07) is 9.98. The Bertz CT molecular complexity index is 1040. The van der Waals surface area contributed by atoms with E-state index in [-0.39, 0.29) is 23.3 Å². The van der Waals surface area contributed by atoms with Crippen molar-refractivity contribution in [1.29, 1.82) is 0 Å². The Balaban J connectivity index is 1.34. The third-order valence-electron chi connectivity index (χ3n) is 4.88. The SMILES string of the molecule is O=C(CCc1ccc(S(=O)(=O)NC2CC2)cc1)Nc1cc2c(cc1Cl)OCCCO2. The second-order valence-corrected chi connectivity index (χ2v) is 9.54. The lowest BCUT2D eigenvalue weighted by molar-refractivity contribution is -0.116. The Morgan fingerprint density at radius 2 is 1.73 bits per heavy atom. The first kappa shape index (κ1) is 21.0. The highest BCUT2D eigenvalue weighted by Gasteiger charge is 2.27. The fraction of sp³-hybridized carbons (Fsp3) is 0.381. The number of anilines is 1. The first-order valence-electron chi connectivity index (χ1n) is 9.91. The molecular formula is C21H23ClN2O5S. The van der Waals surface area contributed by atoms with Crippen molar-refractivity contribution in [2.24, 2.45) is 0 Å². The minimum Gasteiger partial charge on any atom is -0.490 e. The van der Waals surface area contributed by atoms with E-state index in [2.05, 4.69) is 10.0 Å². The van der Waals surface area contributed by atoms with Gasteiger partial charge in [-0.1, -0.05) is 23.7 Å². The lowest BCUT2D eigenvalue weighted by Gasteiger charge is -2.12. The van der Waals surface area contributed by atoms with Crippen molar-refractivity contribution in [3.05, 3.63) is 47.0 Å². The van der Waals surface area contributed by atoms with Crippen molar-refractivity contribution in [1.82, 2.24) is 4.72 Å². The van der Waals surface area contributed by atoms with E-state index in [9.17, 15) is 13.2 Å². The topological polar surface area (TPSA) is 93.7 Å². The molecule has 1 amide bonds. The maximum absolute atomic E-state index is 12.4. The van der Waals surface area contributed by atoms with E-state index in [0.29, 0.717) is 41.8 Å². The summed E-state index contributed by atoms with van der Waals surface area (Å²) >= 11 is 6.26. The highest BCUT2D eigenvalue weighted by molar-refractivity contribution is 7.89. The van der Waals surface area contributed by atoms with Crippen LogP contribution < -0.4 is 19.5 Å². The van der Waals surface area contributed by atoms with Crippen LogP contribution in [0.15, 0.2) is 41.3 Å². The van der Waals surface area contributed by atoms with E-state index in [0.717, 1.165) is 24.8 Å². The zero-order valence-corrected chi connectivity index (χ0v) is 17.9. The van der Waals surface area contributed by atoms with Gasteiger partial charge in [-0.15, -0.1) is 0 Å². The normalized spacial score (nSPS) is 16.0. The molecule has 1 saturated carbocycles. The Morgan fingerprint density at radius 1 is 1.07 bits per heavy atom. The quantitative estimate of drug-likeness (QED) is 0.673. The van der Waals surface area contributed by atoms with Gasteiger partial charge in [0.05, 0.1) is 28.8 Å². The molecule has 0 unspecified atom stereocenters. The van der Waals surface area contributed by atoms with Crippen LogP contribution in [0.3, 0.4) is 0 Å². The summed E-state index contributed by atoms with van der Waals surface area (Å²) in [6.45, 7) is 1.11. The molecule has 0 spiro atoms. The number of amides is 1. The molecule has 160 valence electrons. The standard InChI is InChI=1S/C21H23ClN2O5S/c22-17-12-19-20(29-11-1-10-28-19)13-18(17)23-21(25)9-4-14-2-7-16(8-3-14)30(26,27)24-15-5-6-15/h2-3,7-8,12-13,15,24H,1,4-6,9-11H2,(H,23,25). The second kappa shape index (κ2) is 8.83. The zero-order valence-electron chi connectivity index (χ0n) is 16.3. The van der Waals surface area contributed by atoms with E-state index in [1.54, 1.807) is 36.4 Å². The maximum atomic E-state index is 12.4. The first-order valence-corrected chi connectivity index (χ1v) is 11.8. The van der Waals surface area contributed by atoms with Crippen molar-refractivity contribution in [3.8, 4) is 11.5 Å². The van der Waals surface area contributed by atoms with Crippen molar-refractivity contribution >= 4 is 33.2 Å². The molecule has 2 aromatic rings. The number of rotatable bonds is 7. The van der Waals surface area contributed by atoms with Gasteiger partial charge >= 0.3 is 0 Å². The van der Waals surface area contributed by atoms with Gasteiger partial charge in [0, 0.05) is 31.0 Å². The van der Waals surface area contributed by atoms with E-state index in [4.69, 9.17) is 21.1 Å². The highest BCUT2D eigenvalue weighted by Crippen LogP contribution is 2.37. The molecule has 2 N–H and O–H groups in total. The summed E-state index contributed by atoms with van der Waals surface area (Å²) in [4.78, 5) is 12.6. The molecule has 0 atom stereocenters. The van der Waals surface area contributed by atoms with Crippen molar-refractivity contribution < 1.29 is 22.7 Å². The third-order valence-corrected chi connectivity index (χ3v) is 6.73. The van der Waals surface area contributed by atoms with Crippen LogP contribution in [-0.4, -0.2) is 33.6 Å². The molecule has 0 radical (unpaired) electrons. The van der Waals surface area contributed by atoms with Crippen LogP contribution in [0, 0.1) is 0 Å². The Kier molecular flexibility index (Phi) is 6.17. The molecule has 1 heterocycles. The summed E-state index contributed by atoms with van der Waals surface area (Å²) in [6.07, 6.45) is 3.27. The smallest absolute Gasteiger partial charge is 0.240 e. The van der Waals surface area contributed by atoms with Crippen LogP contribution in [0.25, 0.3) is 0 Å². The van der Waals surface area contributed by atoms with Crippen molar-refractivity contribution in [3.63, 3.8) is 0 Å². The van der Waals surface area contributed by atoms with Crippen LogP contribution in [0.4, 0.5) is 5.69 Å². The number of halogens is 1. The summed E-state index contributed by atoms with van der Waals surface area (Å²) in [5.41, 5.74) is 1.35. The van der Waals surface area contributed by atoms with Crippen molar-refractivity contribution in [2.45, 2.75) is 43.0 Å². The minimum absolute atomic E-state index is 0.0649. The van der Waals surface area contributed by atoms with Crippen LogP contribution in [-0.2, 0) is 21.2 Å². The predicted octanol–water partition coefficient (Wildman–Crippen LogP) is 3.51. The molecule has 0 saturated heterocycles. The number of ether oxygens (including phenoxy) is 2. The lowest BCUT2D eigenvalue weighted by Crippen LogP contribution is -2.25. The number of carbonyl (C=O) groups is 1. The van der Waals surface area contributed by atoms with Gasteiger partial charge in [0.15, 0.2) is 11.5 Å². The molecule has 1 aliphatic carbocycles. The third kappa shape index (κ3) is 5.24. The van der Waals surface area contributed by atoms with E-state index >= 15 is 0 Å². The van der Waals surface area contributed by atoms with Gasteiger partial charge in [0.2, 0.25) is 15.9 Å². The number of aryl methyl sites for hydroxylation is 1. The van der Waals surface area contributed by atoms with Gasteiger partial charge in [0.1, 0.15) is 0 Å². The van der Waals surface area contributed by atoms with Crippen LogP contribution in [0.5, 0.6) is 11.5 Å². The number of carbonyl (C=O) groups excluding carboxylic acids is 1. The molecule has 7 nitrogen and oxygen atoms in total. The molecule has 30 heavy (non-hydrogen) atoms. The van der Waals surface area contributed by atoms with Gasteiger partial charge in [-0.3, -0.25) is 4.79 Å². The molecule has 1 aliphatic heterocycles. The summed E-state index contributed by atoms with van der Waals surface area (Å²) < 4.78 is 38.3.